The second kappa shape index (κ2) is 6.38. The molecule has 1 amide bonds. The molecule has 4 heteroatoms. The number of carbonyl (C=O) groups is 1. The monoisotopic (exact) mass is 354 g/mol. The van der Waals surface area contributed by atoms with Gasteiger partial charge in [0.05, 0.1) is 5.41 Å². The zero-order valence-electron chi connectivity index (χ0n) is 14.5. The van der Waals surface area contributed by atoms with Gasteiger partial charge >= 0.3 is 0 Å². The van der Waals surface area contributed by atoms with Crippen LogP contribution in [-0.2, 0) is 10.2 Å². The highest BCUT2D eigenvalue weighted by atomic mass is 35.5. The quantitative estimate of drug-likeness (QED) is 0.830. The molecule has 1 saturated heterocycles. The number of carbonyl (C=O) groups excluding carboxylic acids is 1. The minimum atomic E-state index is -0.255. The van der Waals surface area contributed by atoms with Gasteiger partial charge < -0.3 is 9.80 Å². The molecule has 1 saturated carbocycles. The van der Waals surface area contributed by atoms with Gasteiger partial charge in [0.1, 0.15) is 0 Å². The van der Waals surface area contributed by atoms with Crippen molar-refractivity contribution in [2.24, 2.45) is 0 Å². The Hall–Kier alpha value is -2.00. The lowest BCUT2D eigenvalue weighted by atomic mass is 9.94. The van der Waals surface area contributed by atoms with Crippen LogP contribution in [0.15, 0.2) is 48.5 Å². The van der Waals surface area contributed by atoms with Gasteiger partial charge in [-0.15, -0.1) is 0 Å². The molecule has 2 aromatic rings. The zero-order chi connectivity index (χ0) is 17.4. The number of hydrogen-bond acceptors (Lipinski definition) is 2. The molecule has 0 radical (unpaired) electrons. The first-order valence-corrected chi connectivity index (χ1v) is 9.34. The smallest absolute Gasteiger partial charge is 0.233 e. The second-order valence-corrected chi connectivity index (χ2v) is 7.59. The lowest BCUT2D eigenvalue weighted by Crippen LogP contribution is -2.51. The molecule has 3 nitrogen and oxygen atoms in total. The van der Waals surface area contributed by atoms with Crippen molar-refractivity contribution in [2.75, 3.05) is 31.1 Å². The number of halogens is 1. The van der Waals surface area contributed by atoms with E-state index < -0.39 is 0 Å². The van der Waals surface area contributed by atoms with Gasteiger partial charge in [0.15, 0.2) is 0 Å². The van der Waals surface area contributed by atoms with Crippen LogP contribution in [0.2, 0.25) is 5.02 Å². The normalized spacial score (nSPS) is 19.0. The molecule has 130 valence electrons. The van der Waals surface area contributed by atoms with E-state index in [1.807, 2.05) is 30.3 Å². The third kappa shape index (κ3) is 3.02. The Balaban J connectivity index is 1.46. The van der Waals surface area contributed by atoms with E-state index >= 15 is 0 Å². The molecular weight excluding hydrogens is 332 g/mol. The van der Waals surface area contributed by atoms with Crippen molar-refractivity contribution in [3.05, 3.63) is 64.7 Å². The minimum Gasteiger partial charge on any atom is -0.368 e. The van der Waals surface area contributed by atoms with Gasteiger partial charge in [-0.05, 0) is 43.0 Å². The maximum Gasteiger partial charge on any atom is 0.233 e. The molecular formula is C21H23ClN2O. The van der Waals surface area contributed by atoms with Crippen molar-refractivity contribution >= 4 is 23.2 Å². The fourth-order valence-corrected chi connectivity index (χ4v) is 4.05. The van der Waals surface area contributed by atoms with Crippen LogP contribution in [0.4, 0.5) is 5.69 Å². The summed E-state index contributed by atoms with van der Waals surface area (Å²) in [5.41, 5.74) is 3.33. The van der Waals surface area contributed by atoms with E-state index in [1.165, 1.54) is 16.8 Å². The predicted octanol–water partition coefficient (Wildman–Crippen LogP) is 4.03. The fraction of sp³-hybridized carbons (Fsp3) is 0.381. The van der Waals surface area contributed by atoms with Gasteiger partial charge in [-0.25, -0.2) is 0 Å². The predicted molar refractivity (Wildman–Crippen MR) is 102 cm³/mol. The number of benzene rings is 2. The van der Waals surface area contributed by atoms with Crippen LogP contribution in [-0.4, -0.2) is 37.0 Å². The third-order valence-electron chi connectivity index (χ3n) is 5.56. The van der Waals surface area contributed by atoms with Gasteiger partial charge in [0.2, 0.25) is 5.91 Å². The number of piperazine rings is 1. The van der Waals surface area contributed by atoms with E-state index in [0.29, 0.717) is 5.91 Å². The Bertz CT molecular complexity index is 778. The van der Waals surface area contributed by atoms with Crippen molar-refractivity contribution in [2.45, 2.75) is 25.2 Å². The molecule has 0 bridgehead atoms. The molecule has 2 fully saturated rings. The van der Waals surface area contributed by atoms with E-state index in [2.05, 4.69) is 34.9 Å². The topological polar surface area (TPSA) is 23.6 Å². The highest BCUT2D eigenvalue weighted by molar-refractivity contribution is 6.30. The van der Waals surface area contributed by atoms with Gasteiger partial charge in [0, 0.05) is 36.9 Å². The molecule has 2 aromatic carbocycles. The third-order valence-corrected chi connectivity index (χ3v) is 5.80. The number of anilines is 1. The van der Waals surface area contributed by atoms with E-state index in [0.717, 1.165) is 44.0 Å². The summed E-state index contributed by atoms with van der Waals surface area (Å²) >= 11 is 6.16. The number of aryl methyl sites for hydroxylation is 1. The number of nitrogens with zero attached hydrogens (tertiary/aromatic N) is 2. The van der Waals surface area contributed by atoms with Crippen molar-refractivity contribution in [1.29, 1.82) is 0 Å². The fourth-order valence-electron chi connectivity index (χ4n) is 3.88. The van der Waals surface area contributed by atoms with Gasteiger partial charge in [-0.1, -0.05) is 48.0 Å². The molecule has 2 aliphatic rings. The SMILES string of the molecule is Cc1ccc(Cl)cc1N1CCN(C(=O)C2(c3ccccc3)CC2)CC1. The molecule has 1 aliphatic carbocycles. The Kier molecular flexibility index (Phi) is 4.20. The lowest BCUT2D eigenvalue weighted by molar-refractivity contribution is -0.134. The molecule has 0 aromatic heterocycles. The first-order valence-electron chi connectivity index (χ1n) is 8.96. The van der Waals surface area contributed by atoms with E-state index in [1.54, 1.807) is 0 Å². The summed E-state index contributed by atoms with van der Waals surface area (Å²) in [6.07, 6.45) is 1.95. The molecule has 4 rings (SSSR count). The first-order chi connectivity index (χ1) is 12.1. The van der Waals surface area contributed by atoms with Gasteiger partial charge in [0.25, 0.3) is 0 Å². The molecule has 25 heavy (non-hydrogen) atoms. The molecule has 0 spiro atoms. The van der Waals surface area contributed by atoms with Crippen molar-refractivity contribution in [1.82, 2.24) is 4.90 Å². The van der Waals surface area contributed by atoms with E-state index in [-0.39, 0.29) is 5.41 Å². The molecule has 1 aliphatic heterocycles. The molecule has 0 N–H and O–H groups in total. The van der Waals surface area contributed by atoms with Crippen LogP contribution in [0, 0.1) is 6.92 Å². The Labute approximate surface area is 154 Å². The van der Waals surface area contributed by atoms with Crippen LogP contribution in [0.25, 0.3) is 0 Å². The number of amides is 1. The maximum atomic E-state index is 13.1. The second-order valence-electron chi connectivity index (χ2n) is 7.16. The maximum absolute atomic E-state index is 13.1. The summed E-state index contributed by atoms with van der Waals surface area (Å²) in [4.78, 5) is 17.5. The summed E-state index contributed by atoms with van der Waals surface area (Å²) in [7, 11) is 0. The molecule has 1 heterocycles. The van der Waals surface area contributed by atoms with Gasteiger partial charge in [-0.3, -0.25) is 4.79 Å². The van der Waals surface area contributed by atoms with Crippen molar-refractivity contribution in [3.63, 3.8) is 0 Å². The van der Waals surface area contributed by atoms with Crippen LogP contribution in [0.3, 0.4) is 0 Å². The van der Waals surface area contributed by atoms with E-state index in [4.69, 9.17) is 11.6 Å². The largest absolute Gasteiger partial charge is 0.368 e. The van der Waals surface area contributed by atoms with Crippen molar-refractivity contribution < 1.29 is 4.79 Å². The lowest BCUT2D eigenvalue weighted by Gasteiger charge is -2.38. The molecule has 0 atom stereocenters. The summed E-state index contributed by atoms with van der Waals surface area (Å²) < 4.78 is 0. The number of rotatable bonds is 3. The average molecular weight is 355 g/mol. The van der Waals surface area contributed by atoms with E-state index in [9.17, 15) is 4.79 Å². The van der Waals surface area contributed by atoms with Crippen LogP contribution in [0.1, 0.15) is 24.0 Å². The minimum absolute atomic E-state index is 0.255. The summed E-state index contributed by atoms with van der Waals surface area (Å²) in [5.74, 6) is 0.307. The van der Waals surface area contributed by atoms with Crippen molar-refractivity contribution in [3.8, 4) is 0 Å². The summed E-state index contributed by atoms with van der Waals surface area (Å²) in [6.45, 7) is 5.38. The standard InChI is InChI=1S/C21H23ClN2O/c1-16-7-8-18(22)15-19(16)23-11-13-24(14-12-23)20(25)21(9-10-21)17-5-3-2-4-6-17/h2-8,15H,9-14H2,1H3. The Morgan fingerprint density at radius 3 is 2.32 bits per heavy atom. The van der Waals surface area contributed by atoms with Crippen LogP contribution < -0.4 is 4.90 Å². The Morgan fingerprint density at radius 2 is 1.68 bits per heavy atom. The highest BCUT2D eigenvalue weighted by Gasteiger charge is 2.53. The first kappa shape index (κ1) is 16.5. The van der Waals surface area contributed by atoms with Crippen LogP contribution >= 0.6 is 11.6 Å². The summed E-state index contributed by atoms with van der Waals surface area (Å²) in [5, 5.41) is 0.764. The van der Waals surface area contributed by atoms with Gasteiger partial charge in [-0.2, -0.15) is 0 Å². The highest BCUT2D eigenvalue weighted by Crippen LogP contribution is 2.49. The Morgan fingerprint density at radius 1 is 1.00 bits per heavy atom. The number of hydrogen-bond donors (Lipinski definition) is 0. The average Bonchev–Trinajstić information content (AvgIpc) is 3.46. The van der Waals surface area contributed by atoms with Crippen LogP contribution in [0.5, 0.6) is 0 Å². The molecule has 0 unspecified atom stereocenters. The zero-order valence-corrected chi connectivity index (χ0v) is 15.3. The summed E-state index contributed by atoms with van der Waals surface area (Å²) in [6, 6.07) is 16.3.